The minimum Gasteiger partial charge on any atom is -0.342 e. The first-order valence-electron chi connectivity index (χ1n) is 8.72. The average Bonchev–Trinajstić information content (AvgIpc) is 3.05. The third-order valence-corrected chi connectivity index (χ3v) is 7.26. The Bertz CT molecular complexity index is 1250. The molecule has 0 amide bonds. The number of rotatable bonds is 5. The van der Waals surface area contributed by atoms with E-state index in [4.69, 9.17) is 11.6 Å². The molecule has 28 heavy (non-hydrogen) atoms. The summed E-state index contributed by atoms with van der Waals surface area (Å²) in [6.07, 6.45) is 1.72. The van der Waals surface area contributed by atoms with Crippen LogP contribution in [0.1, 0.15) is 11.1 Å². The summed E-state index contributed by atoms with van der Waals surface area (Å²) in [4.78, 5) is 0.345. The fourth-order valence-corrected chi connectivity index (χ4v) is 5.32. The lowest BCUT2D eigenvalue weighted by molar-refractivity contribution is 0.595. The average molecular weight is 475 g/mol. The van der Waals surface area contributed by atoms with Gasteiger partial charge in [-0.25, -0.2) is 8.42 Å². The fraction of sp³-hybridized carbons (Fsp3) is 0.0909. The molecular formula is C22H17BrClNO2S. The smallest absolute Gasteiger partial charge is 0.184 e. The molecule has 0 unspecified atom stereocenters. The van der Waals surface area contributed by atoms with Crippen molar-refractivity contribution in [3.05, 3.63) is 99.6 Å². The van der Waals surface area contributed by atoms with Crippen molar-refractivity contribution in [2.75, 3.05) is 0 Å². The zero-order valence-corrected chi connectivity index (χ0v) is 18.0. The van der Waals surface area contributed by atoms with Gasteiger partial charge in [0.2, 0.25) is 0 Å². The molecule has 0 fully saturated rings. The van der Waals surface area contributed by atoms with Gasteiger partial charge >= 0.3 is 0 Å². The standard InChI is InChI=1S/C22H17BrClNO2S/c23-18-11-9-16(10-12-18)15-28(26,27)22-14-25(21-8-4-2-6-19(21)22)13-17-5-1-3-7-20(17)24/h1-12,14H,13,15H2. The molecule has 0 saturated carbocycles. The molecule has 0 aliphatic rings. The monoisotopic (exact) mass is 473 g/mol. The first-order chi connectivity index (χ1) is 13.4. The van der Waals surface area contributed by atoms with Gasteiger partial charge in [-0.2, -0.15) is 0 Å². The Balaban J connectivity index is 1.77. The lowest BCUT2D eigenvalue weighted by Crippen LogP contribution is -2.05. The maximum Gasteiger partial charge on any atom is 0.184 e. The maximum absolute atomic E-state index is 13.2. The largest absolute Gasteiger partial charge is 0.342 e. The molecule has 0 saturated heterocycles. The molecule has 3 nitrogen and oxygen atoms in total. The molecule has 142 valence electrons. The van der Waals surface area contributed by atoms with E-state index in [2.05, 4.69) is 15.9 Å². The molecule has 1 heterocycles. The van der Waals surface area contributed by atoms with Crippen LogP contribution >= 0.6 is 27.5 Å². The van der Waals surface area contributed by atoms with E-state index in [9.17, 15) is 8.42 Å². The SMILES string of the molecule is O=S(=O)(Cc1ccc(Br)cc1)c1cn(Cc2ccccc2Cl)c2ccccc12. The molecule has 6 heteroatoms. The number of hydrogen-bond donors (Lipinski definition) is 0. The quantitative estimate of drug-likeness (QED) is 0.352. The summed E-state index contributed by atoms with van der Waals surface area (Å²) < 4.78 is 29.2. The summed E-state index contributed by atoms with van der Waals surface area (Å²) in [6, 6.07) is 22.5. The van der Waals surface area contributed by atoms with Crippen molar-refractivity contribution in [1.82, 2.24) is 4.57 Å². The molecule has 0 aliphatic carbocycles. The van der Waals surface area contributed by atoms with Gasteiger partial charge in [0.25, 0.3) is 0 Å². The molecule has 4 rings (SSSR count). The minimum absolute atomic E-state index is 0.0413. The lowest BCUT2D eigenvalue weighted by Gasteiger charge is -2.07. The topological polar surface area (TPSA) is 39.1 Å². The zero-order chi connectivity index (χ0) is 19.7. The van der Waals surface area contributed by atoms with Crippen LogP contribution in [-0.4, -0.2) is 13.0 Å². The highest BCUT2D eigenvalue weighted by Gasteiger charge is 2.22. The summed E-state index contributed by atoms with van der Waals surface area (Å²) in [5.41, 5.74) is 2.57. The second kappa shape index (κ2) is 7.74. The minimum atomic E-state index is -3.50. The van der Waals surface area contributed by atoms with Crippen LogP contribution in [0.2, 0.25) is 5.02 Å². The van der Waals surface area contributed by atoms with Crippen molar-refractivity contribution in [2.45, 2.75) is 17.2 Å². The third-order valence-electron chi connectivity index (χ3n) is 4.66. The first kappa shape index (κ1) is 19.2. The van der Waals surface area contributed by atoms with Crippen molar-refractivity contribution in [2.24, 2.45) is 0 Å². The predicted octanol–water partition coefficient (Wildman–Crippen LogP) is 6.08. The predicted molar refractivity (Wildman–Crippen MR) is 118 cm³/mol. The third kappa shape index (κ3) is 3.88. The highest BCUT2D eigenvalue weighted by atomic mass is 79.9. The van der Waals surface area contributed by atoms with Gasteiger partial charge in [-0.1, -0.05) is 76.1 Å². The highest BCUT2D eigenvalue weighted by molar-refractivity contribution is 9.10. The van der Waals surface area contributed by atoms with E-state index in [-0.39, 0.29) is 5.75 Å². The van der Waals surface area contributed by atoms with E-state index >= 15 is 0 Å². The van der Waals surface area contributed by atoms with E-state index in [0.717, 1.165) is 26.5 Å². The van der Waals surface area contributed by atoms with Crippen LogP contribution in [0, 0.1) is 0 Å². The fourth-order valence-electron chi connectivity index (χ4n) is 3.28. The number of sulfone groups is 1. The van der Waals surface area contributed by atoms with Crippen LogP contribution in [-0.2, 0) is 22.1 Å². The number of aromatic nitrogens is 1. The Morgan fingerprint density at radius 3 is 2.32 bits per heavy atom. The van der Waals surface area contributed by atoms with Crippen LogP contribution in [0.15, 0.2) is 88.4 Å². The molecule has 0 radical (unpaired) electrons. The van der Waals surface area contributed by atoms with Crippen LogP contribution in [0.4, 0.5) is 0 Å². The summed E-state index contributed by atoms with van der Waals surface area (Å²) in [5.74, 6) is -0.0413. The molecule has 0 N–H and O–H groups in total. The maximum atomic E-state index is 13.2. The van der Waals surface area contributed by atoms with E-state index in [1.165, 1.54) is 0 Å². The van der Waals surface area contributed by atoms with Crippen molar-refractivity contribution >= 4 is 48.3 Å². The molecule has 3 aromatic carbocycles. The van der Waals surface area contributed by atoms with E-state index < -0.39 is 9.84 Å². The molecule has 0 atom stereocenters. The Morgan fingerprint density at radius 1 is 0.893 bits per heavy atom. The van der Waals surface area contributed by atoms with Gasteiger partial charge in [0.15, 0.2) is 9.84 Å². The number of benzene rings is 3. The van der Waals surface area contributed by atoms with Gasteiger partial charge in [-0.05, 0) is 35.4 Å². The highest BCUT2D eigenvalue weighted by Crippen LogP contribution is 2.29. The molecule has 0 bridgehead atoms. The zero-order valence-electron chi connectivity index (χ0n) is 14.8. The Hall–Kier alpha value is -2.08. The Labute approximate surface area is 177 Å². The van der Waals surface area contributed by atoms with Crippen LogP contribution in [0.5, 0.6) is 0 Å². The van der Waals surface area contributed by atoms with Gasteiger partial charge < -0.3 is 4.57 Å². The summed E-state index contributed by atoms with van der Waals surface area (Å²) in [7, 11) is -3.50. The number of fused-ring (bicyclic) bond motifs is 1. The van der Waals surface area contributed by atoms with Gasteiger partial charge in [0.05, 0.1) is 10.6 Å². The van der Waals surface area contributed by atoms with Gasteiger partial charge in [-0.15, -0.1) is 0 Å². The molecular weight excluding hydrogens is 458 g/mol. The summed E-state index contributed by atoms with van der Waals surface area (Å²) in [5, 5.41) is 1.39. The van der Waals surface area contributed by atoms with Crippen LogP contribution in [0.3, 0.4) is 0 Å². The van der Waals surface area contributed by atoms with Crippen molar-refractivity contribution in [3.8, 4) is 0 Å². The van der Waals surface area contributed by atoms with Gasteiger partial charge in [-0.3, -0.25) is 0 Å². The first-order valence-corrected chi connectivity index (χ1v) is 11.5. The van der Waals surface area contributed by atoms with Gasteiger partial charge in [0, 0.05) is 33.1 Å². The van der Waals surface area contributed by atoms with Crippen molar-refractivity contribution in [1.29, 1.82) is 0 Å². The Kier molecular flexibility index (Phi) is 5.32. The molecule has 1 aromatic heterocycles. The van der Waals surface area contributed by atoms with E-state index in [1.54, 1.807) is 6.20 Å². The molecule has 0 aliphatic heterocycles. The van der Waals surface area contributed by atoms with E-state index in [0.29, 0.717) is 16.5 Å². The Morgan fingerprint density at radius 2 is 1.57 bits per heavy atom. The number of halogens is 2. The number of nitrogens with zero attached hydrogens (tertiary/aromatic N) is 1. The van der Waals surface area contributed by atoms with Crippen molar-refractivity contribution in [3.63, 3.8) is 0 Å². The van der Waals surface area contributed by atoms with Crippen LogP contribution in [0.25, 0.3) is 10.9 Å². The summed E-state index contributed by atoms with van der Waals surface area (Å²) in [6.45, 7) is 0.508. The van der Waals surface area contributed by atoms with E-state index in [1.807, 2.05) is 77.4 Å². The number of para-hydroxylation sites is 1. The second-order valence-electron chi connectivity index (χ2n) is 6.62. The van der Waals surface area contributed by atoms with Crippen molar-refractivity contribution < 1.29 is 8.42 Å². The molecule has 0 spiro atoms. The normalized spacial score (nSPS) is 11.8. The van der Waals surface area contributed by atoms with Gasteiger partial charge in [0.1, 0.15) is 0 Å². The molecule has 4 aromatic rings. The second-order valence-corrected chi connectivity index (χ2v) is 9.90. The lowest BCUT2D eigenvalue weighted by atomic mass is 10.2. The van der Waals surface area contributed by atoms with Crippen LogP contribution < -0.4 is 0 Å². The summed E-state index contributed by atoms with van der Waals surface area (Å²) >= 11 is 9.69. The number of hydrogen-bond acceptors (Lipinski definition) is 2.